The first-order chi connectivity index (χ1) is 8.14. The highest BCUT2D eigenvalue weighted by Crippen LogP contribution is 2.13. The number of rotatable bonds is 5. The van der Waals surface area contributed by atoms with Crippen molar-refractivity contribution in [1.82, 2.24) is 14.5 Å². The topological polar surface area (TPSA) is 86.8 Å². The fourth-order valence-corrected chi connectivity index (χ4v) is 2.02. The van der Waals surface area contributed by atoms with Crippen LogP contribution in [0.2, 0.25) is 0 Å². The fraction of sp³-hybridized carbons (Fsp3) is 0.800. The predicted molar refractivity (Wildman–Crippen MR) is 66.3 cm³/mol. The molecule has 1 atom stereocenters. The van der Waals surface area contributed by atoms with E-state index in [4.69, 9.17) is 0 Å². The molecule has 0 aromatic carbocycles. The molecule has 0 aromatic heterocycles. The van der Waals surface area contributed by atoms with Gasteiger partial charge in [0, 0.05) is 20.1 Å². The Morgan fingerprint density at radius 2 is 1.94 bits per heavy atom. The standard InChI is InChI=1S/C10H19N3O4S/c1-7(2)8-9(14)13(10(15)11-8)6-5-12(3)18(4,16)17/h7-8H,5-6H2,1-4H3,(H,11,15)/t8-/m0/s1. The van der Waals surface area contributed by atoms with Gasteiger partial charge in [0.05, 0.1) is 6.26 Å². The van der Waals surface area contributed by atoms with Gasteiger partial charge < -0.3 is 5.32 Å². The molecule has 0 radical (unpaired) electrons. The molecule has 3 amide bonds. The molecule has 0 unspecified atom stereocenters. The Bertz CT molecular complexity index is 446. The Hall–Kier alpha value is -1.15. The summed E-state index contributed by atoms with van der Waals surface area (Å²) in [6.07, 6.45) is 1.08. The third-order valence-electron chi connectivity index (χ3n) is 2.93. The molecule has 1 rings (SSSR count). The van der Waals surface area contributed by atoms with Gasteiger partial charge in [-0.15, -0.1) is 0 Å². The van der Waals surface area contributed by atoms with Gasteiger partial charge in [-0.05, 0) is 5.92 Å². The van der Waals surface area contributed by atoms with E-state index < -0.39 is 22.1 Å². The van der Waals surface area contributed by atoms with E-state index in [2.05, 4.69) is 5.32 Å². The van der Waals surface area contributed by atoms with Crippen molar-refractivity contribution in [1.29, 1.82) is 0 Å². The van der Waals surface area contributed by atoms with Crippen molar-refractivity contribution in [3.8, 4) is 0 Å². The maximum Gasteiger partial charge on any atom is 0.324 e. The Morgan fingerprint density at radius 1 is 1.39 bits per heavy atom. The summed E-state index contributed by atoms with van der Waals surface area (Å²) < 4.78 is 23.5. The van der Waals surface area contributed by atoms with Crippen LogP contribution >= 0.6 is 0 Å². The minimum absolute atomic E-state index is 0.0130. The van der Waals surface area contributed by atoms with E-state index in [9.17, 15) is 18.0 Å². The number of carbonyl (C=O) groups is 2. The van der Waals surface area contributed by atoms with Gasteiger partial charge in [0.25, 0.3) is 5.91 Å². The van der Waals surface area contributed by atoms with Gasteiger partial charge >= 0.3 is 6.03 Å². The lowest BCUT2D eigenvalue weighted by atomic mass is 10.1. The summed E-state index contributed by atoms with van der Waals surface area (Å²) in [6.45, 7) is 3.85. The number of likely N-dealkylation sites (N-methyl/N-ethyl adjacent to an activating group) is 1. The summed E-state index contributed by atoms with van der Waals surface area (Å²) in [6, 6.07) is -0.971. The highest BCUT2D eigenvalue weighted by molar-refractivity contribution is 7.88. The van der Waals surface area contributed by atoms with E-state index in [0.717, 1.165) is 15.5 Å². The summed E-state index contributed by atoms with van der Waals surface area (Å²) in [5.74, 6) is -0.281. The molecule has 7 nitrogen and oxygen atoms in total. The van der Waals surface area contributed by atoms with Crippen LogP contribution in [0.15, 0.2) is 0 Å². The molecule has 1 saturated heterocycles. The number of nitrogens with one attached hydrogen (secondary N) is 1. The van der Waals surface area contributed by atoms with Crippen molar-refractivity contribution in [2.75, 3.05) is 26.4 Å². The number of amides is 3. The molecule has 1 fully saturated rings. The number of urea groups is 1. The summed E-state index contributed by atoms with van der Waals surface area (Å²) >= 11 is 0. The number of imide groups is 1. The highest BCUT2D eigenvalue weighted by Gasteiger charge is 2.39. The largest absolute Gasteiger partial charge is 0.326 e. The molecule has 1 N–H and O–H groups in total. The summed E-state index contributed by atoms with van der Waals surface area (Å²) in [4.78, 5) is 24.5. The average Bonchev–Trinajstić information content (AvgIpc) is 2.50. The molecule has 104 valence electrons. The first kappa shape index (κ1) is 14.9. The molecule has 0 aliphatic carbocycles. The van der Waals surface area contributed by atoms with E-state index in [0.29, 0.717) is 0 Å². The van der Waals surface area contributed by atoms with Crippen LogP contribution in [-0.4, -0.2) is 62.0 Å². The van der Waals surface area contributed by atoms with Gasteiger partial charge in [0.2, 0.25) is 10.0 Å². The highest BCUT2D eigenvalue weighted by atomic mass is 32.2. The summed E-state index contributed by atoms with van der Waals surface area (Å²) in [5.41, 5.74) is 0. The number of sulfonamides is 1. The Kier molecular flexibility index (Phi) is 4.33. The summed E-state index contributed by atoms with van der Waals surface area (Å²) in [7, 11) is -1.89. The average molecular weight is 277 g/mol. The Balaban J connectivity index is 2.64. The van der Waals surface area contributed by atoms with Crippen molar-refractivity contribution in [3.63, 3.8) is 0 Å². The molecule has 0 spiro atoms. The van der Waals surface area contributed by atoms with Gasteiger partial charge in [-0.3, -0.25) is 9.69 Å². The molecule has 1 aliphatic rings. The van der Waals surface area contributed by atoms with Crippen molar-refractivity contribution >= 4 is 22.0 Å². The lowest BCUT2D eigenvalue weighted by Crippen LogP contribution is -2.40. The van der Waals surface area contributed by atoms with Gasteiger partial charge in [-0.25, -0.2) is 17.5 Å². The molecule has 1 heterocycles. The second kappa shape index (κ2) is 5.23. The zero-order valence-corrected chi connectivity index (χ0v) is 11.8. The van der Waals surface area contributed by atoms with Crippen molar-refractivity contribution in [3.05, 3.63) is 0 Å². The van der Waals surface area contributed by atoms with Crippen LogP contribution in [0.4, 0.5) is 4.79 Å². The Labute approximate surface area is 107 Å². The van der Waals surface area contributed by atoms with Crippen molar-refractivity contribution in [2.24, 2.45) is 5.92 Å². The van der Waals surface area contributed by atoms with Crippen LogP contribution in [0, 0.1) is 5.92 Å². The number of nitrogens with zero attached hydrogens (tertiary/aromatic N) is 2. The van der Waals surface area contributed by atoms with Gasteiger partial charge in [-0.2, -0.15) is 0 Å². The molecule has 0 aromatic rings. The van der Waals surface area contributed by atoms with Crippen LogP contribution in [0.1, 0.15) is 13.8 Å². The molecular weight excluding hydrogens is 258 g/mol. The monoisotopic (exact) mass is 277 g/mol. The van der Waals surface area contributed by atoms with E-state index in [1.807, 2.05) is 13.8 Å². The second-order valence-corrected chi connectivity index (χ2v) is 6.83. The van der Waals surface area contributed by atoms with Crippen molar-refractivity contribution in [2.45, 2.75) is 19.9 Å². The third kappa shape index (κ3) is 3.20. The first-order valence-corrected chi connectivity index (χ1v) is 7.52. The summed E-state index contributed by atoms with van der Waals surface area (Å²) in [5, 5.41) is 2.59. The molecule has 1 aliphatic heterocycles. The minimum Gasteiger partial charge on any atom is -0.326 e. The fourth-order valence-electron chi connectivity index (χ4n) is 1.61. The second-order valence-electron chi connectivity index (χ2n) is 4.75. The predicted octanol–water partition coefficient (Wildman–Crippen LogP) is -0.546. The number of hydrogen-bond acceptors (Lipinski definition) is 4. The third-order valence-corrected chi connectivity index (χ3v) is 4.24. The van der Waals surface area contributed by atoms with Crippen LogP contribution in [-0.2, 0) is 14.8 Å². The zero-order valence-electron chi connectivity index (χ0n) is 11.0. The van der Waals surface area contributed by atoms with Crippen LogP contribution < -0.4 is 5.32 Å². The molecule has 0 bridgehead atoms. The van der Waals surface area contributed by atoms with Crippen LogP contribution in [0.3, 0.4) is 0 Å². The van der Waals surface area contributed by atoms with Gasteiger partial charge in [0.1, 0.15) is 6.04 Å². The molecule has 18 heavy (non-hydrogen) atoms. The van der Waals surface area contributed by atoms with Gasteiger partial charge in [0.15, 0.2) is 0 Å². The van der Waals surface area contributed by atoms with E-state index in [1.54, 1.807) is 0 Å². The van der Waals surface area contributed by atoms with E-state index in [1.165, 1.54) is 7.05 Å². The SMILES string of the molecule is CC(C)[C@@H]1NC(=O)N(CCN(C)S(C)(=O)=O)C1=O. The smallest absolute Gasteiger partial charge is 0.324 e. The maximum absolute atomic E-state index is 11.9. The van der Waals surface area contributed by atoms with Crippen LogP contribution in [0.25, 0.3) is 0 Å². The quantitative estimate of drug-likeness (QED) is 0.683. The van der Waals surface area contributed by atoms with E-state index >= 15 is 0 Å². The minimum atomic E-state index is -3.30. The number of hydrogen-bond donors (Lipinski definition) is 1. The van der Waals surface area contributed by atoms with Gasteiger partial charge in [-0.1, -0.05) is 13.8 Å². The molecular formula is C10H19N3O4S. The zero-order chi connectivity index (χ0) is 14.1. The normalized spacial score (nSPS) is 21.0. The lowest BCUT2D eigenvalue weighted by molar-refractivity contribution is -0.128. The molecule has 0 saturated carbocycles. The first-order valence-electron chi connectivity index (χ1n) is 5.67. The van der Waals surface area contributed by atoms with E-state index in [-0.39, 0.29) is 24.9 Å². The molecule has 8 heteroatoms. The van der Waals surface area contributed by atoms with Crippen molar-refractivity contribution < 1.29 is 18.0 Å². The lowest BCUT2D eigenvalue weighted by Gasteiger charge is -2.18. The number of carbonyl (C=O) groups excluding carboxylic acids is 2. The Morgan fingerprint density at radius 3 is 2.33 bits per heavy atom. The van der Waals surface area contributed by atoms with Crippen LogP contribution in [0.5, 0.6) is 0 Å². The maximum atomic E-state index is 11.9.